The van der Waals surface area contributed by atoms with E-state index in [1.165, 1.54) is 0 Å². The van der Waals surface area contributed by atoms with Gasteiger partial charge in [0.25, 0.3) is 0 Å². The van der Waals surface area contributed by atoms with Crippen molar-refractivity contribution in [3.8, 4) is 0 Å². The number of hydrogen-bond acceptors (Lipinski definition) is 5. The van der Waals surface area contributed by atoms with Crippen molar-refractivity contribution in [3.05, 3.63) is 71.4 Å². The Hall–Kier alpha value is -4.18. The highest BCUT2D eigenvalue weighted by molar-refractivity contribution is 5.95. The molecule has 218 valence electrons. The van der Waals surface area contributed by atoms with E-state index in [4.69, 9.17) is 0 Å². The van der Waals surface area contributed by atoms with Crippen LogP contribution in [0.2, 0.25) is 0 Å². The summed E-state index contributed by atoms with van der Waals surface area (Å²) < 4.78 is 0. The molecule has 2 aromatic carbocycles. The first kappa shape index (κ1) is 29.8. The van der Waals surface area contributed by atoms with E-state index in [1.54, 1.807) is 38.1 Å². The molecule has 3 aromatic rings. The molecule has 4 rings (SSSR count). The van der Waals surface area contributed by atoms with E-state index in [0.29, 0.717) is 13.0 Å². The normalized spacial score (nSPS) is 17.0. The molecule has 1 aliphatic rings. The molecule has 10 nitrogen and oxygen atoms in total. The van der Waals surface area contributed by atoms with Gasteiger partial charge in [-0.25, -0.2) is 4.79 Å². The lowest BCUT2D eigenvalue weighted by Gasteiger charge is -2.30. The van der Waals surface area contributed by atoms with E-state index in [2.05, 4.69) is 26.3 Å². The monoisotopic (exact) mass is 561 g/mol. The quantitative estimate of drug-likeness (QED) is 0.211. The van der Waals surface area contributed by atoms with Crippen molar-refractivity contribution in [1.82, 2.24) is 26.3 Å². The second kappa shape index (κ2) is 13.0. The van der Waals surface area contributed by atoms with Gasteiger partial charge >= 0.3 is 5.97 Å². The molecule has 0 unspecified atom stereocenters. The van der Waals surface area contributed by atoms with Crippen molar-refractivity contribution < 1.29 is 24.3 Å². The van der Waals surface area contributed by atoms with Gasteiger partial charge in [0.2, 0.25) is 17.7 Å². The number of H-pyrrole nitrogens is 1. The maximum Gasteiger partial charge on any atom is 0.326 e. The predicted molar refractivity (Wildman–Crippen MR) is 156 cm³/mol. The van der Waals surface area contributed by atoms with Gasteiger partial charge in [0.15, 0.2) is 0 Å². The number of aliphatic carboxylic acids is 1. The molecule has 0 radical (unpaired) electrons. The average Bonchev–Trinajstić information content (AvgIpc) is 3.32. The first-order valence-electron chi connectivity index (χ1n) is 14.0. The molecule has 1 aliphatic heterocycles. The summed E-state index contributed by atoms with van der Waals surface area (Å²) in [4.78, 5) is 55.2. The van der Waals surface area contributed by atoms with Gasteiger partial charge in [0.1, 0.15) is 18.1 Å². The summed E-state index contributed by atoms with van der Waals surface area (Å²) in [6, 6.07) is 13.4. The average molecular weight is 562 g/mol. The number of aromatic amines is 1. The third kappa shape index (κ3) is 7.13. The molecule has 41 heavy (non-hydrogen) atoms. The van der Waals surface area contributed by atoms with Crippen LogP contribution in [0.1, 0.15) is 44.5 Å². The smallest absolute Gasteiger partial charge is 0.326 e. The van der Waals surface area contributed by atoms with E-state index in [-0.39, 0.29) is 24.2 Å². The first-order chi connectivity index (χ1) is 19.5. The summed E-state index contributed by atoms with van der Waals surface area (Å²) in [7, 11) is 0. The molecule has 0 bridgehead atoms. The lowest BCUT2D eigenvalue weighted by molar-refractivity contribution is -0.142. The van der Waals surface area contributed by atoms with Crippen molar-refractivity contribution in [2.45, 2.75) is 71.2 Å². The van der Waals surface area contributed by atoms with Crippen molar-refractivity contribution >= 4 is 34.6 Å². The molecule has 3 amide bonds. The van der Waals surface area contributed by atoms with Crippen LogP contribution in [-0.4, -0.2) is 57.9 Å². The van der Waals surface area contributed by atoms with E-state index in [0.717, 1.165) is 27.7 Å². The third-order valence-electron chi connectivity index (χ3n) is 7.54. The van der Waals surface area contributed by atoms with Gasteiger partial charge < -0.3 is 26.0 Å². The van der Waals surface area contributed by atoms with Crippen LogP contribution in [0.4, 0.5) is 0 Å². The van der Waals surface area contributed by atoms with E-state index < -0.39 is 42.0 Å². The zero-order valence-electron chi connectivity index (χ0n) is 23.9. The SMILES string of the molecule is CC(C)[C@H](NC(=O)[C@H](NC(=O)[C@@H]1Cc2c([nH]c3ccccc23)CN1)C(C)C)C(=O)N[C@H](Cc1ccccc1)C(=O)O. The lowest BCUT2D eigenvalue weighted by Crippen LogP contribution is -2.60. The number of carboxylic acid groups (broad SMARTS) is 1. The molecule has 2 heterocycles. The van der Waals surface area contributed by atoms with Crippen molar-refractivity contribution in [2.75, 3.05) is 0 Å². The summed E-state index contributed by atoms with van der Waals surface area (Å²) in [5.74, 6) is -3.14. The van der Waals surface area contributed by atoms with Gasteiger partial charge in [-0.3, -0.25) is 19.7 Å². The molecule has 0 saturated heterocycles. The van der Waals surface area contributed by atoms with Crippen LogP contribution in [0.5, 0.6) is 0 Å². The number of benzene rings is 2. The number of aromatic nitrogens is 1. The van der Waals surface area contributed by atoms with Crippen LogP contribution in [0.25, 0.3) is 10.9 Å². The van der Waals surface area contributed by atoms with Crippen LogP contribution in [-0.2, 0) is 38.6 Å². The van der Waals surface area contributed by atoms with Gasteiger partial charge in [0, 0.05) is 29.6 Å². The number of rotatable bonds is 11. The Balaban J connectivity index is 1.41. The molecule has 0 aliphatic carbocycles. The second-order valence-corrected chi connectivity index (χ2v) is 11.3. The Labute approximate surface area is 239 Å². The Kier molecular flexibility index (Phi) is 9.44. The van der Waals surface area contributed by atoms with Crippen LogP contribution in [0, 0.1) is 11.8 Å². The van der Waals surface area contributed by atoms with Gasteiger partial charge in [-0.2, -0.15) is 0 Å². The standard InChI is InChI=1S/C31H39N5O5/c1-17(2)26(29(38)34-24(31(40)41)14-19-10-6-5-7-11-19)36-30(39)27(18(3)4)35-28(37)23-15-21-20-12-8-9-13-22(20)33-25(21)16-32-23/h5-13,17-18,23-24,26-27,32-33H,14-16H2,1-4H3,(H,34,38)(H,35,37)(H,36,39)(H,40,41)/t23-,24+,26-,27+/m0/s1. The van der Waals surface area contributed by atoms with E-state index in [9.17, 15) is 24.3 Å². The molecule has 1 aromatic heterocycles. The van der Waals surface area contributed by atoms with Gasteiger partial charge in [-0.1, -0.05) is 76.2 Å². The number of nitrogens with one attached hydrogen (secondary N) is 5. The highest BCUT2D eigenvalue weighted by Gasteiger charge is 2.34. The van der Waals surface area contributed by atoms with Gasteiger partial charge in [-0.15, -0.1) is 0 Å². The van der Waals surface area contributed by atoms with Crippen molar-refractivity contribution in [3.63, 3.8) is 0 Å². The summed E-state index contributed by atoms with van der Waals surface area (Å²) in [6.07, 6.45) is 0.588. The number of hydrogen-bond donors (Lipinski definition) is 6. The third-order valence-corrected chi connectivity index (χ3v) is 7.54. The molecular weight excluding hydrogens is 522 g/mol. The minimum atomic E-state index is -1.17. The largest absolute Gasteiger partial charge is 0.480 e. The lowest BCUT2D eigenvalue weighted by atomic mass is 9.96. The van der Waals surface area contributed by atoms with Crippen molar-refractivity contribution in [2.24, 2.45) is 11.8 Å². The second-order valence-electron chi connectivity index (χ2n) is 11.3. The molecule has 0 spiro atoms. The number of amides is 3. The number of fused-ring (bicyclic) bond motifs is 3. The van der Waals surface area contributed by atoms with Gasteiger partial charge in [0.05, 0.1) is 6.04 Å². The maximum absolute atomic E-state index is 13.4. The summed E-state index contributed by atoms with van der Waals surface area (Å²) in [6.45, 7) is 7.68. The molecule has 10 heteroatoms. The molecule has 6 N–H and O–H groups in total. The highest BCUT2D eigenvalue weighted by atomic mass is 16.4. The summed E-state index contributed by atoms with van der Waals surface area (Å²) in [5.41, 5.74) is 3.92. The Morgan fingerprint density at radius 3 is 2.12 bits per heavy atom. The minimum Gasteiger partial charge on any atom is -0.480 e. The van der Waals surface area contributed by atoms with Crippen LogP contribution in [0.15, 0.2) is 54.6 Å². The van der Waals surface area contributed by atoms with Crippen LogP contribution < -0.4 is 21.3 Å². The summed E-state index contributed by atoms with van der Waals surface area (Å²) >= 11 is 0. The molecule has 0 fully saturated rings. The fourth-order valence-electron chi connectivity index (χ4n) is 5.21. The number of carboxylic acids is 1. The first-order valence-corrected chi connectivity index (χ1v) is 14.0. The zero-order valence-corrected chi connectivity index (χ0v) is 23.9. The molecule has 4 atom stereocenters. The van der Waals surface area contributed by atoms with E-state index in [1.807, 2.05) is 44.2 Å². The number of carbonyl (C=O) groups excluding carboxylic acids is 3. The fraction of sp³-hybridized carbons (Fsp3) is 0.419. The maximum atomic E-state index is 13.4. The predicted octanol–water partition coefficient (Wildman–Crippen LogP) is 2.28. The minimum absolute atomic E-state index is 0.109. The molecule has 0 saturated carbocycles. The Morgan fingerprint density at radius 1 is 0.854 bits per heavy atom. The topological polar surface area (TPSA) is 152 Å². The Bertz CT molecular complexity index is 1400. The van der Waals surface area contributed by atoms with Crippen LogP contribution in [0.3, 0.4) is 0 Å². The van der Waals surface area contributed by atoms with Crippen LogP contribution >= 0.6 is 0 Å². The zero-order chi connectivity index (χ0) is 29.7. The number of para-hydroxylation sites is 1. The number of carbonyl (C=O) groups is 4. The highest BCUT2D eigenvalue weighted by Crippen LogP contribution is 2.26. The van der Waals surface area contributed by atoms with Crippen molar-refractivity contribution in [1.29, 1.82) is 0 Å². The Morgan fingerprint density at radius 2 is 1.46 bits per heavy atom. The van der Waals surface area contributed by atoms with E-state index >= 15 is 0 Å². The summed E-state index contributed by atoms with van der Waals surface area (Å²) in [5, 5.41) is 22.3. The fourth-order valence-corrected chi connectivity index (χ4v) is 5.21. The van der Waals surface area contributed by atoms with Gasteiger partial charge in [-0.05, 0) is 35.4 Å². The molecular formula is C31H39N5O5.